The molecule has 3 heterocycles. The Morgan fingerprint density at radius 2 is 1.95 bits per heavy atom. The van der Waals surface area contributed by atoms with Gasteiger partial charge in [-0.05, 0) is 60.9 Å². The van der Waals surface area contributed by atoms with Crippen molar-refractivity contribution in [3.63, 3.8) is 0 Å². The second kappa shape index (κ2) is 4.74. The Balaban J connectivity index is 1.87. The van der Waals surface area contributed by atoms with Gasteiger partial charge in [-0.25, -0.2) is 0 Å². The fourth-order valence-electron chi connectivity index (χ4n) is 3.71. The minimum atomic E-state index is 1.17. The van der Waals surface area contributed by atoms with Crippen molar-refractivity contribution >= 4 is 48.3 Å². The highest BCUT2D eigenvalue weighted by atomic mass is 79.9. The van der Waals surface area contributed by atoms with Crippen molar-refractivity contribution in [1.82, 2.24) is 9.35 Å². The standard InChI is InChI=1S/C18H15BrN2S/c19-13-5-6-17-15(9-13)14-3-1-2-4-16(14)21(17)20-10-12-7-8-22-18(12)11-20/h5-11H,1-4H2. The van der Waals surface area contributed by atoms with Gasteiger partial charge in [-0.2, -0.15) is 0 Å². The molecule has 0 saturated carbocycles. The molecule has 0 radical (unpaired) electrons. The molecule has 110 valence electrons. The molecule has 0 bridgehead atoms. The average molecular weight is 371 g/mol. The summed E-state index contributed by atoms with van der Waals surface area (Å²) >= 11 is 5.44. The van der Waals surface area contributed by atoms with Crippen LogP contribution in [0.2, 0.25) is 0 Å². The van der Waals surface area contributed by atoms with Gasteiger partial charge in [0.2, 0.25) is 0 Å². The van der Waals surface area contributed by atoms with E-state index in [1.807, 2.05) is 11.3 Å². The normalized spacial score (nSPS) is 14.8. The Bertz CT molecular complexity index is 977. The Labute approximate surface area is 141 Å². The molecule has 1 aliphatic carbocycles. The second-order valence-electron chi connectivity index (χ2n) is 5.98. The highest BCUT2D eigenvalue weighted by molar-refractivity contribution is 9.10. The first-order chi connectivity index (χ1) is 10.8. The summed E-state index contributed by atoms with van der Waals surface area (Å²) in [5.74, 6) is 0. The van der Waals surface area contributed by atoms with Crippen molar-refractivity contribution in [2.24, 2.45) is 0 Å². The third kappa shape index (κ3) is 1.77. The van der Waals surface area contributed by atoms with Crippen molar-refractivity contribution in [2.45, 2.75) is 25.7 Å². The van der Waals surface area contributed by atoms with Crippen LogP contribution in [0.4, 0.5) is 0 Å². The molecule has 1 aromatic carbocycles. The minimum Gasteiger partial charge on any atom is -0.262 e. The minimum absolute atomic E-state index is 1.17. The van der Waals surface area contributed by atoms with Gasteiger partial charge in [0.25, 0.3) is 0 Å². The number of hydrogen-bond acceptors (Lipinski definition) is 1. The maximum absolute atomic E-state index is 3.63. The maximum Gasteiger partial charge on any atom is 0.0709 e. The van der Waals surface area contributed by atoms with Crippen LogP contribution in [0.1, 0.15) is 24.1 Å². The van der Waals surface area contributed by atoms with Crippen LogP contribution in [0.25, 0.3) is 21.0 Å². The fourth-order valence-corrected chi connectivity index (χ4v) is 4.86. The van der Waals surface area contributed by atoms with Gasteiger partial charge in [0, 0.05) is 33.3 Å². The molecule has 1 aliphatic rings. The Morgan fingerprint density at radius 3 is 2.86 bits per heavy atom. The van der Waals surface area contributed by atoms with Crippen LogP contribution in [0.5, 0.6) is 0 Å². The predicted molar refractivity (Wildman–Crippen MR) is 96.9 cm³/mol. The Morgan fingerprint density at radius 1 is 1.05 bits per heavy atom. The van der Waals surface area contributed by atoms with Crippen molar-refractivity contribution in [3.05, 3.63) is 57.8 Å². The van der Waals surface area contributed by atoms with E-state index in [0.29, 0.717) is 0 Å². The van der Waals surface area contributed by atoms with Gasteiger partial charge in [0.05, 0.1) is 10.2 Å². The highest BCUT2D eigenvalue weighted by Crippen LogP contribution is 2.34. The van der Waals surface area contributed by atoms with E-state index in [9.17, 15) is 0 Å². The Hall–Kier alpha value is -1.52. The molecule has 0 N–H and O–H groups in total. The summed E-state index contributed by atoms with van der Waals surface area (Å²) in [5.41, 5.74) is 4.35. The molecule has 0 unspecified atom stereocenters. The molecule has 0 atom stereocenters. The monoisotopic (exact) mass is 370 g/mol. The smallest absolute Gasteiger partial charge is 0.0709 e. The van der Waals surface area contributed by atoms with Crippen LogP contribution in [-0.2, 0) is 12.8 Å². The van der Waals surface area contributed by atoms with E-state index in [-0.39, 0.29) is 0 Å². The lowest BCUT2D eigenvalue weighted by Gasteiger charge is -2.16. The number of benzene rings is 1. The van der Waals surface area contributed by atoms with Crippen molar-refractivity contribution < 1.29 is 0 Å². The van der Waals surface area contributed by atoms with Gasteiger partial charge in [0.15, 0.2) is 0 Å². The van der Waals surface area contributed by atoms with E-state index in [2.05, 4.69) is 67.3 Å². The molecule has 0 fully saturated rings. The molecule has 2 nitrogen and oxygen atoms in total. The van der Waals surface area contributed by atoms with Gasteiger partial charge >= 0.3 is 0 Å². The van der Waals surface area contributed by atoms with Gasteiger partial charge in [-0.15, -0.1) is 11.3 Å². The van der Waals surface area contributed by atoms with Crippen LogP contribution in [-0.4, -0.2) is 9.35 Å². The van der Waals surface area contributed by atoms with Crippen LogP contribution in [0.15, 0.2) is 46.5 Å². The molecule has 3 aromatic heterocycles. The highest BCUT2D eigenvalue weighted by Gasteiger charge is 2.21. The number of aryl methyl sites for hydroxylation is 1. The summed E-state index contributed by atoms with van der Waals surface area (Å²) in [7, 11) is 0. The molecule has 0 aliphatic heterocycles. The largest absolute Gasteiger partial charge is 0.262 e. The molecule has 22 heavy (non-hydrogen) atoms. The zero-order chi connectivity index (χ0) is 14.7. The first kappa shape index (κ1) is 13.0. The summed E-state index contributed by atoms with van der Waals surface area (Å²) in [4.78, 5) is 0. The third-order valence-corrected chi connectivity index (χ3v) is 6.05. The topological polar surface area (TPSA) is 9.86 Å². The number of hydrogen-bond donors (Lipinski definition) is 0. The number of halogens is 1. The zero-order valence-corrected chi connectivity index (χ0v) is 14.5. The summed E-state index contributed by atoms with van der Waals surface area (Å²) in [6, 6.07) is 8.87. The van der Waals surface area contributed by atoms with Gasteiger partial charge < -0.3 is 0 Å². The summed E-state index contributed by atoms with van der Waals surface area (Å²) in [6.45, 7) is 0. The van der Waals surface area contributed by atoms with Crippen molar-refractivity contribution in [1.29, 1.82) is 0 Å². The Kier molecular flexibility index (Phi) is 2.79. The molecule has 4 heteroatoms. The number of rotatable bonds is 1. The SMILES string of the molecule is Brc1ccc2c(c1)c1c(n2-n2cc3ccsc3c2)CCCC1. The van der Waals surface area contributed by atoms with Crippen LogP contribution in [0, 0.1) is 0 Å². The second-order valence-corrected chi connectivity index (χ2v) is 7.85. The lowest BCUT2D eigenvalue weighted by molar-refractivity contribution is 0.594. The molecular formula is C18H15BrN2S. The molecule has 0 spiro atoms. The van der Waals surface area contributed by atoms with E-state index >= 15 is 0 Å². The summed E-state index contributed by atoms with van der Waals surface area (Å²) in [6.07, 6.45) is 9.48. The fraction of sp³-hybridized carbons (Fsp3) is 0.222. The van der Waals surface area contributed by atoms with Gasteiger partial charge in [0.1, 0.15) is 0 Å². The summed E-state index contributed by atoms with van der Waals surface area (Å²) < 4.78 is 7.22. The number of nitrogens with zero attached hydrogens (tertiary/aromatic N) is 2. The first-order valence-corrected chi connectivity index (χ1v) is 9.36. The predicted octanol–water partition coefficient (Wildman–Crippen LogP) is 5.61. The molecule has 0 amide bonds. The third-order valence-electron chi connectivity index (χ3n) is 4.69. The zero-order valence-electron chi connectivity index (χ0n) is 12.1. The maximum atomic E-state index is 3.63. The van der Waals surface area contributed by atoms with E-state index in [1.54, 1.807) is 5.56 Å². The lowest BCUT2D eigenvalue weighted by atomic mass is 9.96. The number of aromatic nitrogens is 2. The van der Waals surface area contributed by atoms with Gasteiger partial charge in [-0.3, -0.25) is 9.35 Å². The van der Waals surface area contributed by atoms with Crippen LogP contribution < -0.4 is 0 Å². The molecule has 4 aromatic rings. The van der Waals surface area contributed by atoms with Crippen LogP contribution >= 0.6 is 27.3 Å². The molecule has 0 saturated heterocycles. The quantitative estimate of drug-likeness (QED) is 0.412. The van der Waals surface area contributed by atoms with E-state index < -0.39 is 0 Å². The van der Waals surface area contributed by atoms with Crippen molar-refractivity contribution in [3.8, 4) is 0 Å². The van der Waals surface area contributed by atoms with E-state index in [1.165, 1.54) is 56.8 Å². The van der Waals surface area contributed by atoms with E-state index in [0.717, 1.165) is 0 Å². The number of fused-ring (bicyclic) bond motifs is 4. The lowest BCUT2D eigenvalue weighted by Crippen LogP contribution is -2.13. The van der Waals surface area contributed by atoms with E-state index in [4.69, 9.17) is 0 Å². The summed E-state index contributed by atoms with van der Waals surface area (Å²) in [5, 5.41) is 4.89. The molecule has 5 rings (SSSR count). The van der Waals surface area contributed by atoms with Crippen LogP contribution in [0.3, 0.4) is 0 Å². The first-order valence-electron chi connectivity index (χ1n) is 7.69. The van der Waals surface area contributed by atoms with Crippen molar-refractivity contribution in [2.75, 3.05) is 0 Å². The average Bonchev–Trinajstić information content (AvgIpc) is 3.17. The number of thiophene rings is 1. The van der Waals surface area contributed by atoms with Gasteiger partial charge in [-0.1, -0.05) is 15.9 Å². The molecular weight excluding hydrogens is 356 g/mol.